The first-order chi connectivity index (χ1) is 63.0. The minimum absolute atomic E-state index is 0.0250. The van der Waals surface area contributed by atoms with Gasteiger partial charge in [0.1, 0.15) is 0 Å². The van der Waals surface area contributed by atoms with Crippen molar-refractivity contribution in [2.45, 2.75) is 354 Å². The molecule has 12 aromatic rings. The molecule has 12 rings (SSSR count). The predicted molar refractivity (Wildman–Crippen MR) is 564 cm³/mol. The third kappa shape index (κ3) is 29.1. The summed E-state index contributed by atoms with van der Waals surface area (Å²) in [6.45, 7) is 91.5. The van der Waals surface area contributed by atoms with E-state index in [0.717, 1.165) is 16.7 Å². The molecule has 0 fully saturated rings. The van der Waals surface area contributed by atoms with E-state index in [1.807, 2.05) is 32.9 Å². The highest BCUT2D eigenvalue weighted by Gasteiger charge is 2.36. The third-order valence-electron chi connectivity index (χ3n) is 22.9. The molecule has 0 radical (unpaired) electrons. The van der Waals surface area contributed by atoms with Gasteiger partial charge in [0.25, 0.3) is 0 Å². The van der Waals surface area contributed by atoms with Crippen LogP contribution in [0, 0.1) is 13.8 Å². The third-order valence-corrected chi connectivity index (χ3v) is 22.9. The standard InChI is InChI=1S/C23H24.C22H22.C22H38.C21H28.C20H26.C18H30/c1-17-9-8-12-19(13-17)21-14-20(18-10-6-5-7-11-18)15-22(16-21)23(2,3)4;1-22(2,3)21-15-19(17-10-6-4-7-11-17)14-20(16-21)18-12-8-5-9-13-18;1-19(2,3)15-13-16(20(4,5)6)18(22(10,11)12)17(14-15)21(7,8)9;1-15-10-8-11-16(14-15)17-12-9-13-18(20(2,3)4)19(17)21(5,6)7;1-19(2,3)17-14-10-13-16(18(17)20(4,5)6)15-11-8-7-9-12-15;1-16(2,3)13-10-11-14(17(4,5)6)15(12-13)18(7,8)9/h5-16H,1-4H3;4-16H,1-3H3;13-14H,1-12H3;8-14H,1-7H3;7-14H,1-6H3;10-12H,1-9H3/i5D,6D,7D,8D,9D,10D,11D,12D,13D;;;8D,10D,11D,14D;;. The largest absolute Gasteiger partial charge is 0.0632 e. The highest BCUT2D eigenvalue weighted by molar-refractivity contribution is 5.78. The summed E-state index contributed by atoms with van der Waals surface area (Å²) in [7, 11) is 0. The number of rotatable bonds is 6. The Labute approximate surface area is 790 Å². The van der Waals surface area contributed by atoms with Crippen molar-refractivity contribution in [1.29, 1.82) is 0 Å². The normalized spacial score (nSPS) is 14.1. The molecule has 0 aliphatic heterocycles. The van der Waals surface area contributed by atoms with Gasteiger partial charge < -0.3 is 0 Å². The van der Waals surface area contributed by atoms with Crippen LogP contribution in [0.5, 0.6) is 0 Å². The maximum absolute atomic E-state index is 8.52. The fourth-order valence-electron chi connectivity index (χ4n) is 15.9. The molecule has 0 heteroatoms. The molecule has 126 heavy (non-hydrogen) atoms. The van der Waals surface area contributed by atoms with Gasteiger partial charge in [-0.2, -0.15) is 0 Å². The molecule has 0 nitrogen and oxygen atoms in total. The summed E-state index contributed by atoms with van der Waals surface area (Å²) in [5, 5.41) is 0. The molecule has 0 aromatic heterocycles. The van der Waals surface area contributed by atoms with E-state index in [1.54, 1.807) is 37.6 Å². The van der Waals surface area contributed by atoms with E-state index < -0.39 is 18.1 Å². The van der Waals surface area contributed by atoms with E-state index in [2.05, 4.69) is 413 Å². The van der Waals surface area contributed by atoms with Crippen molar-refractivity contribution in [2.75, 3.05) is 0 Å². The molecule has 0 bridgehead atoms. The number of hydrogen-bond donors (Lipinski definition) is 0. The zero-order valence-electron chi connectivity index (χ0n) is 99.0. The summed E-state index contributed by atoms with van der Waals surface area (Å²) in [4.78, 5) is 0. The Balaban J connectivity index is 0.000000229. The Morgan fingerprint density at radius 3 is 0.786 bits per heavy atom. The molecular formula is C126H168. The van der Waals surface area contributed by atoms with Gasteiger partial charge in [0.05, 0.1) is 17.8 Å². The summed E-state index contributed by atoms with van der Waals surface area (Å²) in [5.41, 5.74) is 29.7. The number of hydrogen-bond acceptors (Lipinski definition) is 0. The van der Waals surface area contributed by atoms with Crippen molar-refractivity contribution in [2.24, 2.45) is 0 Å². The van der Waals surface area contributed by atoms with Crippen LogP contribution in [0.3, 0.4) is 0 Å². The molecule has 0 heterocycles. The van der Waals surface area contributed by atoms with Crippen LogP contribution in [0.4, 0.5) is 0 Å². The van der Waals surface area contributed by atoms with Gasteiger partial charge in [-0.1, -0.05) is 542 Å². The SMILES string of the molecule is CC(C)(C)c1cc(-c2ccccc2)cc(-c2ccccc2)c1.CC(C)(C)c1cc(C(C)(C)C)c(C(C)(C)C)c(C(C)(C)C)c1.CC(C)(C)c1ccc(C(C)(C)C)c(C(C)(C)C)c1.CC(C)(C)c1cccc(-c2ccccc2)c1C(C)(C)C.[2H]c1c([2H])c(C)c([2H])c(-c2cccc(C(C)(C)C)c2C(C)(C)C)c1[2H].[2H]c1c([2H])c([2H])c(-c2cc(-c3c([2H])c([2H])c([2H])c(C)c3[2H])cc(C(C)(C)C)c2)c([2H])c1[2H]. The lowest BCUT2D eigenvalue weighted by atomic mass is 9.66. The zero-order chi connectivity index (χ0) is 106. The van der Waals surface area contributed by atoms with E-state index >= 15 is 0 Å². The van der Waals surface area contributed by atoms with Crippen molar-refractivity contribution < 1.29 is 17.8 Å². The van der Waals surface area contributed by atoms with Crippen molar-refractivity contribution >= 4 is 0 Å². The topological polar surface area (TPSA) is 0 Å². The van der Waals surface area contributed by atoms with Gasteiger partial charge >= 0.3 is 0 Å². The van der Waals surface area contributed by atoms with Gasteiger partial charge in [0.2, 0.25) is 0 Å². The van der Waals surface area contributed by atoms with E-state index in [1.165, 1.54) is 89.0 Å². The van der Waals surface area contributed by atoms with E-state index in [-0.39, 0.29) is 148 Å². The van der Waals surface area contributed by atoms with Crippen molar-refractivity contribution in [3.05, 3.63) is 356 Å². The summed E-state index contributed by atoms with van der Waals surface area (Å²) in [6, 6.07) is 66.1. The lowest BCUT2D eigenvalue weighted by molar-refractivity contribution is 0.490. The summed E-state index contributed by atoms with van der Waals surface area (Å²) < 4.78 is 107. The Kier molecular flexibility index (Phi) is 27.0. The van der Waals surface area contributed by atoms with Crippen LogP contribution in [0.2, 0.25) is 0 Å². The molecule has 0 N–H and O–H groups in total. The van der Waals surface area contributed by atoms with Crippen molar-refractivity contribution in [1.82, 2.24) is 0 Å². The first-order valence-corrected chi connectivity index (χ1v) is 45.8. The van der Waals surface area contributed by atoms with Gasteiger partial charge in [-0.05, 0) is 235 Å². The lowest BCUT2D eigenvalue weighted by Crippen LogP contribution is -2.29. The first-order valence-electron chi connectivity index (χ1n) is 52.3. The van der Waals surface area contributed by atoms with Gasteiger partial charge in [0, 0.05) is 0 Å². The molecule has 672 valence electrons. The molecule has 0 aliphatic rings. The van der Waals surface area contributed by atoms with Crippen LogP contribution in [-0.4, -0.2) is 0 Å². The molecule has 0 saturated heterocycles. The maximum atomic E-state index is 8.52. The summed E-state index contributed by atoms with van der Waals surface area (Å²) in [5.74, 6) is 0. The monoisotopic (exact) mass is 1690 g/mol. The van der Waals surface area contributed by atoms with Gasteiger partial charge in [-0.3, -0.25) is 0 Å². The average Bonchev–Trinajstić information content (AvgIpc) is 0.746. The molecule has 0 aliphatic carbocycles. The maximum Gasteiger partial charge on any atom is 0.0632 e. The molecular weight excluding hydrogens is 1510 g/mol. The Morgan fingerprint density at radius 2 is 0.452 bits per heavy atom. The molecule has 0 unspecified atom stereocenters. The molecule has 12 aromatic carbocycles. The second-order valence-electron chi connectivity index (χ2n) is 48.1. The van der Waals surface area contributed by atoms with Crippen molar-refractivity contribution in [3.63, 3.8) is 0 Å². The first kappa shape index (κ1) is 84.8. The second-order valence-corrected chi connectivity index (χ2v) is 48.1. The van der Waals surface area contributed by atoms with Gasteiger partial charge in [0.15, 0.2) is 0 Å². The lowest BCUT2D eigenvalue weighted by Gasteiger charge is -2.38. The van der Waals surface area contributed by atoms with E-state index in [9.17, 15) is 0 Å². The van der Waals surface area contributed by atoms with Crippen molar-refractivity contribution in [3.8, 4) is 66.8 Å². The van der Waals surface area contributed by atoms with Gasteiger partial charge in [-0.15, -0.1) is 0 Å². The fraction of sp³-hybridized carbons (Fsp3) is 0.429. The molecule has 0 saturated carbocycles. The highest BCUT2D eigenvalue weighted by Crippen LogP contribution is 2.47. The van der Waals surface area contributed by atoms with E-state index in [0.29, 0.717) is 22.3 Å². The minimum atomic E-state index is -0.474. The van der Waals surface area contributed by atoms with Crippen LogP contribution in [-0.2, 0) is 70.4 Å². The van der Waals surface area contributed by atoms with Crippen LogP contribution in [0.25, 0.3) is 66.8 Å². The van der Waals surface area contributed by atoms with Crippen LogP contribution >= 0.6 is 0 Å². The highest BCUT2D eigenvalue weighted by atomic mass is 14.4. The quantitative estimate of drug-likeness (QED) is 0.156. The van der Waals surface area contributed by atoms with Crippen LogP contribution < -0.4 is 0 Å². The molecule has 0 amide bonds. The Hall–Kier alpha value is -9.36. The van der Waals surface area contributed by atoms with Crippen LogP contribution in [0.15, 0.2) is 273 Å². The van der Waals surface area contributed by atoms with Crippen LogP contribution in [0.1, 0.15) is 371 Å². The fourth-order valence-corrected chi connectivity index (χ4v) is 15.9. The zero-order valence-corrected chi connectivity index (χ0v) is 86.0. The second kappa shape index (κ2) is 40.1. The summed E-state index contributed by atoms with van der Waals surface area (Å²) in [6.07, 6.45) is 0. The average molecular weight is 1700 g/mol. The predicted octanol–water partition coefficient (Wildman–Crippen LogP) is 37.6. The van der Waals surface area contributed by atoms with E-state index in [4.69, 9.17) is 17.8 Å². The van der Waals surface area contributed by atoms with Gasteiger partial charge in [-0.25, -0.2) is 0 Å². The smallest absolute Gasteiger partial charge is 0.0622 e. The molecule has 0 spiro atoms. The minimum Gasteiger partial charge on any atom is -0.0622 e. The number of benzene rings is 12. The Morgan fingerprint density at radius 1 is 0.167 bits per heavy atom. The summed E-state index contributed by atoms with van der Waals surface area (Å²) >= 11 is 0. The molecule has 0 atom stereocenters. The Bertz CT molecular complexity index is 6060.